The Morgan fingerprint density at radius 1 is 1.23 bits per heavy atom. The lowest BCUT2D eigenvalue weighted by molar-refractivity contribution is -0.0506. The van der Waals surface area contributed by atoms with Gasteiger partial charge in [-0.2, -0.15) is 8.78 Å². The van der Waals surface area contributed by atoms with Gasteiger partial charge < -0.3 is 4.74 Å². The first-order chi connectivity index (χ1) is 10.4. The monoisotopic (exact) mass is 347 g/mol. The maximum atomic E-state index is 12.5. The van der Waals surface area contributed by atoms with Gasteiger partial charge in [0.1, 0.15) is 9.96 Å². The molecular formula is C14H15F2NO3S2. The van der Waals surface area contributed by atoms with Crippen LogP contribution in [0.3, 0.4) is 0 Å². The van der Waals surface area contributed by atoms with Crippen molar-refractivity contribution in [2.45, 2.75) is 30.2 Å². The highest BCUT2D eigenvalue weighted by Crippen LogP contribution is 2.30. The van der Waals surface area contributed by atoms with Gasteiger partial charge in [0.25, 0.3) is 10.0 Å². The third kappa shape index (κ3) is 4.02. The van der Waals surface area contributed by atoms with E-state index in [2.05, 4.69) is 9.46 Å². The Bertz CT molecular complexity index is 703. The maximum absolute atomic E-state index is 12.5. The number of thiophene rings is 1. The summed E-state index contributed by atoms with van der Waals surface area (Å²) >= 11 is 1.09. The largest absolute Gasteiger partial charge is 0.434 e. The number of ether oxygens (including phenoxy) is 1. The molecule has 120 valence electrons. The molecule has 0 bridgehead atoms. The van der Waals surface area contributed by atoms with Crippen LogP contribution in [-0.4, -0.2) is 15.0 Å². The molecule has 1 aromatic heterocycles. The van der Waals surface area contributed by atoms with Crippen LogP contribution >= 0.6 is 11.3 Å². The lowest BCUT2D eigenvalue weighted by atomic mass is 10.0. The van der Waals surface area contributed by atoms with Crippen molar-refractivity contribution >= 4 is 21.4 Å². The van der Waals surface area contributed by atoms with Crippen molar-refractivity contribution in [2.24, 2.45) is 0 Å². The van der Waals surface area contributed by atoms with E-state index in [4.69, 9.17) is 0 Å². The predicted molar refractivity (Wildman–Crippen MR) is 80.7 cm³/mol. The minimum absolute atomic E-state index is 0.0294. The van der Waals surface area contributed by atoms with Crippen LogP contribution < -0.4 is 9.46 Å². The lowest BCUT2D eigenvalue weighted by Gasteiger charge is -2.20. The fourth-order valence-electron chi connectivity index (χ4n) is 2.00. The molecule has 4 nitrogen and oxygen atoms in total. The van der Waals surface area contributed by atoms with Gasteiger partial charge in [-0.3, -0.25) is 0 Å². The van der Waals surface area contributed by atoms with Crippen molar-refractivity contribution in [2.75, 3.05) is 0 Å². The fraction of sp³-hybridized carbons (Fsp3) is 0.286. The highest BCUT2D eigenvalue weighted by atomic mass is 32.2. The summed E-state index contributed by atoms with van der Waals surface area (Å²) in [7, 11) is -3.70. The number of sulfonamides is 1. The van der Waals surface area contributed by atoms with Crippen molar-refractivity contribution in [3.8, 4) is 5.75 Å². The molecule has 1 heterocycles. The van der Waals surface area contributed by atoms with Gasteiger partial charge in [0.2, 0.25) is 0 Å². The Morgan fingerprint density at radius 3 is 2.55 bits per heavy atom. The van der Waals surface area contributed by atoms with E-state index in [0.29, 0.717) is 12.0 Å². The SMILES string of the molecule is CC[C@@H](NS(=O)(=O)c1cccs1)c1ccccc1OC(F)F. The number of rotatable bonds is 7. The lowest BCUT2D eigenvalue weighted by Crippen LogP contribution is -2.28. The zero-order valence-corrected chi connectivity index (χ0v) is 13.3. The van der Waals surface area contributed by atoms with Crippen molar-refractivity contribution < 1.29 is 21.9 Å². The van der Waals surface area contributed by atoms with E-state index in [-0.39, 0.29) is 9.96 Å². The second-order valence-corrected chi connectivity index (χ2v) is 7.32. The van der Waals surface area contributed by atoms with Crippen LogP contribution in [-0.2, 0) is 10.0 Å². The molecule has 0 aliphatic carbocycles. The molecule has 8 heteroatoms. The molecular weight excluding hydrogens is 332 g/mol. The quantitative estimate of drug-likeness (QED) is 0.829. The summed E-state index contributed by atoms with van der Waals surface area (Å²) in [6.07, 6.45) is 0.397. The van der Waals surface area contributed by atoms with E-state index >= 15 is 0 Å². The molecule has 0 spiro atoms. The Balaban J connectivity index is 2.30. The molecule has 0 radical (unpaired) electrons. The van der Waals surface area contributed by atoms with Crippen LogP contribution in [0, 0.1) is 0 Å². The number of hydrogen-bond donors (Lipinski definition) is 1. The molecule has 1 N–H and O–H groups in total. The number of alkyl halides is 2. The summed E-state index contributed by atoms with van der Waals surface area (Å²) in [5.74, 6) is -0.0294. The van der Waals surface area contributed by atoms with Crippen LogP contribution in [0.4, 0.5) is 8.78 Å². The third-order valence-electron chi connectivity index (χ3n) is 2.98. The molecule has 2 aromatic rings. The molecule has 2 rings (SSSR count). The minimum Gasteiger partial charge on any atom is -0.434 e. The average Bonchev–Trinajstić information content (AvgIpc) is 3.00. The highest BCUT2D eigenvalue weighted by molar-refractivity contribution is 7.91. The molecule has 0 aliphatic rings. The fourth-order valence-corrected chi connectivity index (χ4v) is 4.31. The van der Waals surface area contributed by atoms with E-state index in [1.54, 1.807) is 36.6 Å². The van der Waals surface area contributed by atoms with E-state index in [0.717, 1.165) is 11.3 Å². The van der Waals surface area contributed by atoms with E-state index in [1.165, 1.54) is 12.1 Å². The van der Waals surface area contributed by atoms with Crippen LogP contribution in [0.1, 0.15) is 24.9 Å². The van der Waals surface area contributed by atoms with Gasteiger partial charge in [-0.25, -0.2) is 13.1 Å². The molecule has 0 amide bonds. The highest BCUT2D eigenvalue weighted by Gasteiger charge is 2.24. The van der Waals surface area contributed by atoms with Crippen molar-refractivity contribution in [1.82, 2.24) is 4.72 Å². The first-order valence-corrected chi connectivity index (χ1v) is 8.90. The standard InChI is InChI=1S/C14H15F2NO3S2/c1-2-11(17-22(18,19)13-8-5-9-21-13)10-6-3-4-7-12(10)20-14(15)16/h3-9,11,14,17H,2H2,1H3/t11-/m1/s1. The van der Waals surface area contributed by atoms with Crippen LogP contribution in [0.15, 0.2) is 46.0 Å². The average molecular weight is 347 g/mol. The molecule has 0 unspecified atom stereocenters. The zero-order chi connectivity index (χ0) is 16.2. The number of benzene rings is 1. The second-order valence-electron chi connectivity index (χ2n) is 4.43. The summed E-state index contributed by atoms with van der Waals surface area (Å²) in [5, 5.41) is 1.66. The topological polar surface area (TPSA) is 55.4 Å². The first-order valence-electron chi connectivity index (χ1n) is 6.53. The van der Waals surface area contributed by atoms with Crippen LogP contribution in [0.2, 0.25) is 0 Å². The van der Waals surface area contributed by atoms with Crippen molar-refractivity contribution in [3.05, 3.63) is 47.3 Å². The molecule has 1 aromatic carbocycles. The Kier molecular flexibility index (Phi) is 5.49. The third-order valence-corrected chi connectivity index (χ3v) is 5.85. The molecule has 0 saturated heterocycles. The van der Waals surface area contributed by atoms with Gasteiger partial charge in [-0.1, -0.05) is 31.2 Å². The Morgan fingerprint density at radius 2 is 1.95 bits per heavy atom. The number of halogens is 2. The summed E-state index contributed by atoms with van der Waals surface area (Å²) in [5.41, 5.74) is 0.380. The smallest absolute Gasteiger partial charge is 0.387 e. The Labute approximate surface area is 131 Å². The molecule has 0 saturated carbocycles. The minimum atomic E-state index is -3.70. The summed E-state index contributed by atoms with van der Waals surface area (Å²) < 4.78 is 56.7. The van der Waals surface area contributed by atoms with E-state index in [9.17, 15) is 17.2 Å². The van der Waals surface area contributed by atoms with Crippen LogP contribution in [0.25, 0.3) is 0 Å². The van der Waals surface area contributed by atoms with Gasteiger partial charge in [-0.15, -0.1) is 11.3 Å². The maximum Gasteiger partial charge on any atom is 0.387 e. The number of nitrogens with one attached hydrogen (secondary N) is 1. The van der Waals surface area contributed by atoms with Gasteiger partial charge in [0.15, 0.2) is 0 Å². The van der Waals surface area contributed by atoms with Crippen molar-refractivity contribution in [1.29, 1.82) is 0 Å². The van der Waals surface area contributed by atoms with E-state index in [1.807, 2.05) is 0 Å². The normalized spacial score (nSPS) is 13.3. The second kappa shape index (κ2) is 7.17. The van der Waals surface area contributed by atoms with E-state index < -0.39 is 22.7 Å². The summed E-state index contributed by atoms with van der Waals surface area (Å²) in [6.45, 7) is -1.20. The van der Waals surface area contributed by atoms with Gasteiger partial charge in [0, 0.05) is 5.56 Å². The molecule has 0 aliphatic heterocycles. The summed E-state index contributed by atoms with van der Waals surface area (Å²) in [6, 6.07) is 8.64. The molecule has 1 atom stereocenters. The van der Waals surface area contributed by atoms with Crippen molar-refractivity contribution in [3.63, 3.8) is 0 Å². The predicted octanol–water partition coefficient (Wildman–Crippen LogP) is 3.78. The zero-order valence-electron chi connectivity index (χ0n) is 11.7. The number of para-hydroxylation sites is 1. The molecule has 22 heavy (non-hydrogen) atoms. The summed E-state index contributed by atoms with van der Waals surface area (Å²) in [4.78, 5) is 0. The van der Waals surface area contributed by atoms with Gasteiger partial charge in [0.05, 0.1) is 6.04 Å². The first kappa shape index (κ1) is 16.9. The van der Waals surface area contributed by atoms with Gasteiger partial charge in [-0.05, 0) is 23.9 Å². The van der Waals surface area contributed by atoms with Crippen LogP contribution in [0.5, 0.6) is 5.75 Å². The number of hydrogen-bond acceptors (Lipinski definition) is 4. The Hall–Kier alpha value is -1.51. The van der Waals surface area contributed by atoms with Gasteiger partial charge >= 0.3 is 6.61 Å². The molecule has 0 fully saturated rings.